The van der Waals surface area contributed by atoms with Gasteiger partial charge in [-0.25, -0.2) is 4.98 Å². The molecular formula is C19H24N4O. The Morgan fingerprint density at radius 2 is 2.00 bits per heavy atom. The molecule has 0 radical (unpaired) electrons. The molecule has 5 heteroatoms. The van der Waals surface area contributed by atoms with Gasteiger partial charge in [-0.15, -0.1) is 0 Å². The van der Waals surface area contributed by atoms with Crippen LogP contribution in [0.3, 0.4) is 0 Å². The summed E-state index contributed by atoms with van der Waals surface area (Å²) in [5.74, 6) is 0.272. The summed E-state index contributed by atoms with van der Waals surface area (Å²) in [5, 5.41) is 0. The second-order valence-corrected chi connectivity index (χ2v) is 6.97. The van der Waals surface area contributed by atoms with Crippen LogP contribution in [0.4, 0.5) is 0 Å². The number of fused-ring (bicyclic) bond motifs is 1. The number of amides is 1. The summed E-state index contributed by atoms with van der Waals surface area (Å²) in [6.07, 6.45) is 4.71. The van der Waals surface area contributed by atoms with Crippen molar-refractivity contribution in [2.45, 2.75) is 45.3 Å². The molecule has 0 saturated carbocycles. The van der Waals surface area contributed by atoms with Crippen molar-refractivity contribution in [2.75, 3.05) is 13.1 Å². The lowest BCUT2D eigenvalue weighted by Crippen LogP contribution is -2.50. The van der Waals surface area contributed by atoms with Crippen LogP contribution in [0.25, 0.3) is 0 Å². The summed E-state index contributed by atoms with van der Waals surface area (Å²) in [5.41, 5.74) is 4.71. The lowest BCUT2D eigenvalue weighted by molar-refractivity contribution is -0.136. The van der Waals surface area contributed by atoms with Gasteiger partial charge in [-0.05, 0) is 25.3 Å². The third-order valence-corrected chi connectivity index (χ3v) is 5.21. The van der Waals surface area contributed by atoms with Gasteiger partial charge in [0.05, 0.1) is 23.8 Å². The molecule has 2 aliphatic rings. The van der Waals surface area contributed by atoms with Gasteiger partial charge in [0.15, 0.2) is 0 Å². The fourth-order valence-corrected chi connectivity index (χ4v) is 3.77. The Morgan fingerprint density at radius 1 is 1.25 bits per heavy atom. The molecule has 1 saturated heterocycles. The maximum absolute atomic E-state index is 13.0. The number of nitrogens with zero attached hydrogens (tertiary/aromatic N) is 3. The van der Waals surface area contributed by atoms with Crippen LogP contribution >= 0.6 is 0 Å². The molecule has 4 rings (SSSR count). The van der Waals surface area contributed by atoms with Crippen molar-refractivity contribution in [3.8, 4) is 0 Å². The number of imidazole rings is 1. The van der Waals surface area contributed by atoms with E-state index in [1.165, 1.54) is 11.1 Å². The number of aromatic amines is 1. The SMILES string of the molecule is Cc1ccc(CN2Cc3[nH]cnc3C[C@H]2C(=O)N2CCCC2)cc1. The number of rotatable bonds is 3. The first-order chi connectivity index (χ1) is 11.7. The number of hydrogen-bond donors (Lipinski definition) is 1. The Balaban J connectivity index is 1.58. The molecule has 0 spiro atoms. The highest BCUT2D eigenvalue weighted by Crippen LogP contribution is 2.25. The van der Waals surface area contributed by atoms with Crippen molar-refractivity contribution in [3.05, 3.63) is 53.1 Å². The minimum Gasteiger partial charge on any atom is -0.347 e. The quantitative estimate of drug-likeness (QED) is 0.942. The van der Waals surface area contributed by atoms with E-state index in [9.17, 15) is 4.79 Å². The zero-order chi connectivity index (χ0) is 16.5. The minimum atomic E-state index is -0.0970. The van der Waals surface area contributed by atoms with Crippen LogP contribution in [0.15, 0.2) is 30.6 Å². The Hall–Kier alpha value is -2.14. The average molecular weight is 324 g/mol. The third kappa shape index (κ3) is 2.96. The van der Waals surface area contributed by atoms with Gasteiger partial charge < -0.3 is 9.88 Å². The zero-order valence-corrected chi connectivity index (χ0v) is 14.2. The maximum Gasteiger partial charge on any atom is 0.240 e. The van der Waals surface area contributed by atoms with Crippen LogP contribution in [-0.4, -0.2) is 44.8 Å². The van der Waals surface area contributed by atoms with Gasteiger partial charge in [0.1, 0.15) is 0 Å². The summed E-state index contributed by atoms with van der Waals surface area (Å²) < 4.78 is 0. The van der Waals surface area contributed by atoms with Crippen LogP contribution in [-0.2, 0) is 24.3 Å². The number of aryl methyl sites for hydroxylation is 1. The maximum atomic E-state index is 13.0. The fourth-order valence-electron chi connectivity index (χ4n) is 3.77. The number of nitrogens with one attached hydrogen (secondary N) is 1. The molecule has 2 aliphatic heterocycles. The van der Waals surface area contributed by atoms with Crippen molar-refractivity contribution in [1.82, 2.24) is 19.8 Å². The van der Waals surface area contributed by atoms with E-state index in [4.69, 9.17) is 0 Å². The summed E-state index contributed by atoms with van der Waals surface area (Å²) >= 11 is 0. The third-order valence-electron chi connectivity index (χ3n) is 5.21. The number of aromatic nitrogens is 2. The summed E-state index contributed by atoms with van der Waals surface area (Å²) in [6.45, 7) is 5.46. The van der Waals surface area contributed by atoms with Gasteiger partial charge in [0.25, 0.3) is 0 Å². The lowest BCUT2D eigenvalue weighted by Gasteiger charge is -2.36. The first-order valence-electron chi connectivity index (χ1n) is 8.80. The molecular weight excluding hydrogens is 300 g/mol. The Morgan fingerprint density at radius 3 is 2.75 bits per heavy atom. The smallest absolute Gasteiger partial charge is 0.240 e. The van der Waals surface area contributed by atoms with E-state index < -0.39 is 0 Å². The van der Waals surface area contributed by atoms with Crippen molar-refractivity contribution < 1.29 is 4.79 Å². The molecule has 1 aromatic heterocycles. The van der Waals surface area contributed by atoms with E-state index in [0.29, 0.717) is 6.42 Å². The van der Waals surface area contributed by atoms with E-state index in [1.807, 2.05) is 4.90 Å². The van der Waals surface area contributed by atoms with Gasteiger partial charge in [-0.2, -0.15) is 0 Å². The average Bonchev–Trinajstić information content (AvgIpc) is 3.26. The second kappa shape index (κ2) is 6.40. The number of H-pyrrole nitrogens is 1. The van der Waals surface area contributed by atoms with Crippen molar-refractivity contribution in [3.63, 3.8) is 0 Å². The standard InChI is InChI=1S/C19H24N4O/c1-14-4-6-15(7-5-14)11-23-12-17-16(20-13-21-17)10-18(23)19(24)22-8-2-3-9-22/h4-7,13,18H,2-3,8-12H2,1H3,(H,20,21)/t18-/m0/s1. The molecule has 5 nitrogen and oxygen atoms in total. The predicted octanol–water partition coefficient (Wildman–Crippen LogP) is 2.27. The van der Waals surface area contributed by atoms with Crippen LogP contribution in [0.2, 0.25) is 0 Å². The number of benzene rings is 1. The molecule has 126 valence electrons. The van der Waals surface area contributed by atoms with Crippen LogP contribution in [0.5, 0.6) is 0 Å². The molecule has 2 aromatic rings. The lowest BCUT2D eigenvalue weighted by atomic mass is 10.00. The molecule has 1 amide bonds. The monoisotopic (exact) mass is 324 g/mol. The number of hydrogen-bond acceptors (Lipinski definition) is 3. The molecule has 1 N–H and O–H groups in total. The van der Waals surface area contributed by atoms with Crippen molar-refractivity contribution in [1.29, 1.82) is 0 Å². The van der Waals surface area contributed by atoms with E-state index in [2.05, 4.69) is 46.1 Å². The fraction of sp³-hybridized carbons (Fsp3) is 0.474. The molecule has 1 aromatic carbocycles. The largest absolute Gasteiger partial charge is 0.347 e. The molecule has 0 aliphatic carbocycles. The summed E-state index contributed by atoms with van der Waals surface area (Å²) in [4.78, 5) is 25.0. The predicted molar refractivity (Wildman–Crippen MR) is 92.3 cm³/mol. The number of carbonyl (C=O) groups is 1. The summed E-state index contributed by atoms with van der Waals surface area (Å²) in [6, 6.07) is 8.50. The molecule has 1 fully saturated rings. The highest BCUT2D eigenvalue weighted by Gasteiger charge is 2.36. The van der Waals surface area contributed by atoms with E-state index in [1.54, 1.807) is 6.33 Å². The van der Waals surface area contributed by atoms with Gasteiger partial charge in [0.2, 0.25) is 5.91 Å². The summed E-state index contributed by atoms with van der Waals surface area (Å²) in [7, 11) is 0. The molecule has 0 unspecified atom stereocenters. The highest BCUT2D eigenvalue weighted by molar-refractivity contribution is 5.82. The highest BCUT2D eigenvalue weighted by atomic mass is 16.2. The molecule has 1 atom stereocenters. The van der Waals surface area contributed by atoms with Crippen molar-refractivity contribution >= 4 is 5.91 Å². The van der Waals surface area contributed by atoms with Gasteiger partial charge >= 0.3 is 0 Å². The Bertz CT molecular complexity index is 715. The van der Waals surface area contributed by atoms with Crippen LogP contribution < -0.4 is 0 Å². The molecule has 0 bridgehead atoms. The zero-order valence-electron chi connectivity index (χ0n) is 14.2. The van der Waals surface area contributed by atoms with Crippen molar-refractivity contribution in [2.24, 2.45) is 0 Å². The topological polar surface area (TPSA) is 52.2 Å². The molecule has 3 heterocycles. The van der Waals surface area contributed by atoms with E-state index in [-0.39, 0.29) is 11.9 Å². The Labute approximate surface area is 142 Å². The number of carbonyl (C=O) groups excluding carboxylic acids is 1. The number of likely N-dealkylation sites (tertiary alicyclic amines) is 1. The van der Waals surface area contributed by atoms with E-state index >= 15 is 0 Å². The first-order valence-corrected chi connectivity index (χ1v) is 8.80. The first kappa shape index (κ1) is 15.4. The van der Waals surface area contributed by atoms with Gasteiger partial charge in [0, 0.05) is 32.6 Å². The minimum absolute atomic E-state index is 0.0970. The van der Waals surface area contributed by atoms with Gasteiger partial charge in [-0.1, -0.05) is 29.8 Å². The van der Waals surface area contributed by atoms with Crippen LogP contribution in [0.1, 0.15) is 35.4 Å². The van der Waals surface area contributed by atoms with E-state index in [0.717, 1.165) is 50.4 Å². The van der Waals surface area contributed by atoms with Gasteiger partial charge in [-0.3, -0.25) is 9.69 Å². The van der Waals surface area contributed by atoms with Crippen LogP contribution in [0, 0.1) is 6.92 Å². The Kier molecular flexibility index (Phi) is 4.10. The normalized spacial score (nSPS) is 21.0. The molecule has 24 heavy (non-hydrogen) atoms. The second-order valence-electron chi connectivity index (χ2n) is 6.97.